The van der Waals surface area contributed by atoms with Gasteiger partial charge in [-0.1, -0.05) is 19.1 Å². The van der Waals surface area contributed by atoms with Crippen molar-refractivity contribution in [3.05, 3.63) is 48.0 Å². The van der Waals surface area contributed by atoms with Crippen LogP contribution >= 0.6 is 0 Å². The monoisotopic (exact) mass is 357 g/mol. The molecule has 1 aromatic heterocycles. The molecule has 2 aromatic rings. The van der Waals surface area contributed by atoms with E-state index < -0.39 is 0 Å². The van der Waals surface area contributed by atoms with E-state index in [1.807, 2.05) is 11.0 Å². The number of carbonyl (C=O) groups is 1. The lowest BCUT2D eigenvalue weighted by Gasteiger charge is -2.36. The Morgan fingerprint density at radius 1 is 1.19 bits per heavy atom. The zero-order chi connectivity index (χ0) is 18.5. The summed E-state index contributed by atoms with van der Waals surface area (Å²) in [5.74, 6) is 0.207. The second kappa shape index (κ2) is 8.12. The van der Waals surface area contributed by atoms with Crippen molar-refractivity contribution in [2.75, 3.05) is 36.4 Å². The molecule has 1 atom stereocenters. The summed E-state index contributed by atoms with van der Waals surface area (Å²) < 4.78 is 13.9. The molecule has 0 aliphatic carbocycles. The molecule has 3 rings (SSSR count). The quantitative estimate of drug-likeness (QED) is 0.892. The molecule has 1 aliphatic heterocycles. The number of piperazine rings is 1. The van der Waals surface area contributed by atoms with Gasteiger partial charge in [-0.2, -0.15) is 0 Å². The minimum absolute atomic E-state index is 0.0896. The average molecular weight is 357 g/mol. The molecule has 26 heavy (non-hydrogen) atoms. The molecule has 1 fully saturated rings. The fourth-order valence-electron chi connectivity index (χ4n) is 2.88. The number of aromatic nitrogens is 2. The number of hydrogen-bond donors (Lipinski definition) is 1. The first-order chi connectivity index (χ1) is 12.6. The summed E-state index contributed by atoms with van der Waals surface area (Å²) >= 11 is 0. The number of rotatable bonds is 5. The topological polar surface area (TPSA) is 61.4 Å². The van der Waals surface area contributed by atoms with Crippen molar-refractivity contribution in [3.8, 4) is 0 Å². The van der Waals surface area contributed by atoms with Crippen molar-refractivity contribution >= 4 is 17.5 Å². The summed E-state index contributed by atoms with van der Waals surface area (Å²) in [6.07, 6.45) is 4.09. The van der Waals surface area contributed by atoms with Crippen LogP contribution in [0, 0.1) is 5.82 Å². The van der Waals surface area contributed by atoms with E-state index in [0.29, 0.717) is 43.4 Å². The second-order valence-corrected chi connectivity index (χ2v) is 6.48. The van der Waals surface area contributed by atoms with Gasteiger partial charge in [0, 0.05) is 44.6 Å². The van der Waals surface area contributed by atoms with Crippen molar-refractivity contribution in [2.45, 2.75) is 26.3 Å². The van der Waals surface area contributed by atoms with Crippen LogP contribution in [0.15, 0.2) is 36.7 Å². The number of hydrogen-bond acceptors (Lipinski definition) is 5. The number of nitrogens with zero attached hydrogens (tertiary/aromatic N) is 4. The van der Waals surface area contributed by atoms with Crippen LogP contribution < -0.4 is 10.2 Å². The van der Waals surface area contributed by atoms with E-state index >= 15 is 0 Å². The summed E-state index contributed by atoms with van der Waals surface area (Å²) in [7, 11) is 0. The Kier molecular flexibility index (Phi) is 5.65. The molecular weight excluding hydrogens is 333 g/mol. The number of halogens is 1. The van der Waals surface area contributed by atoms with Gasteiger partial charge < -0.3 is 15.1 Å². The summed E-state index contributed by atoms with van der Waals surface area (Å²) in [5, 5.41) is 3.18. The van der Waals surface area contributed by atoms with Gasteiger partial charge in [0.15, 0.2) is 0 Å². The molecule has 2 heterocycles. The molecule has 0 spiro atoms. The lowest BCUT2D eigenvalue weighted by Crippen LogP contribution is -2.49. The molecule has 1 unspecified atom stereocenters. The predicted octanol–water partition coefficient (Wildman–Crippen LogP) is 2.79. The first-order valence-corrected chi connectivity index (χ1v) is 8.95. The fourth-order valence-corrected chi connectivity index (χ4v) is 2.88. The van der Waals surface area contributed by atoms with Crippen LogP contribution in [0.1, 0.15) is 30.6 Å². The molecule has 1 amide bonds. The predicted molar refractivity (Wildman–Crippen MR) is 99.9 cm³/mol. The van der Waals surface area contributed by atoms with E-state index in [2.05, 4.69) is 29.1 Å². The summed E-state index contributed by atoms with van der Waals surface area (Å²) in [6, 6.07) is 7.01. The van der Waals surface area contributed by atoms with Gasteiger partial charge in [0.2, 0.25) is 5.95 Å². The molecule has 138 valence electrons. The van der Waals surface area contributed by atoms with Crippen LogP contribution in [0.25, 0.3) is 0 Å². The van der Waals surface area contributed by atoms with Crippen LogP contribution in [0.3, 0.4) is 0 Å². The number of amides is 1. The van der Waals surface area contributed by atoms with E-state index in [9.17, 15) is 9.18 Å². The highest BCUT2D eigenvalue weighted by molar-refractivity contribution is 5.93. The molecule has 0 saturated carbocycles. The Morgan fingerprint density at radius 2 is 1.85 bits per heavy atom. The van der Waals surface area contributed by atoms with Crippen LogP contribution in [0.5, 0.6) is 0 Å². The highest BCUT2D eigenvalue weighted by atomic mass is 19.1. The van der Waals surface area contributed by atoms with Crippen molar-refractivity contribution in [3.63, 3.8) is 0 Å². The Bertz CT molecular complexity index is 744. The van der Waals surface area contributed by atoms with Crippen molar-refractivity contribution in [1.82, 2.24) is 14.9 Å². The van der Waals surface area contributed by atoms with E-state index in [-0.39, 0.29) is 17.8 Å². The summed E-state index contributed by atoms with van der Waals surface area (Å²) in [4.78, 5) is 24.8. The number of carbonyl (C=O) groups excluding carboxylic acids is 1. The van der Waals surface area contributed by atoms with E-state index in [1.165, 1.54) is 6.07 Å². The summed E-state index contributed by atoms with van der Waals surface area (Å²) in [5.41, 5.74) is 1.06. The van der Waals surface area contributed by atoms with Gasteiger partial charge in [-0.05, 0) is 25.5 Å². The first kappa shape index (κ1) is 18.1. The average Bonchev–Trinajstić information content (AvgIpc) is 2.68. The summed E-state index contributed by atoms with van der Waals surface area (Å²) in [6.45, 7) is 6.41. The Labute approximate surface area is 153 Å². The minimum atomic E-state index is -0.231. The lowest BCUT2D eigenvalue weighted by molar-refractivity contribution is 0.0746. The van der Waals surface area contributed by atoms with Gasteiger partial charge in [-0.3, -0.25) is 4.79 Å². The van der Waals surface area contributed by atoms with Gasteiger partial charge in [0.25, 0.3) is 5.91 Å². The van der Waals surface area contributed by atoms with Crippen LogP contribution in [0.4, 0.5) is 16.0 Å². The Balaban J connectivity index is 1.59. The maximum Gasteiger partial charge on any atom is 0.257 e. The molecule has 1 N–H and O–H groups in total. The van der Waals surface area contributed by atoms with E-state index in [1.54, 1.807) is 29.4 Å². The van der Waals surface area contributed by atoms with Gasteiger partial charge in [0.05, 0.1) is 11.3 Å². The fraction of sp³-hybridized carbons (Fsp3) is 0.421. The molecule has 0 radical (unpaired) electrons. The zero-order valence-corrected chi connectivity index (χ0v) is 15.2. The van der Waals surface area contributed by atoms with Crippen molar-refractivity contribution in [1.29, 1.82) is 0 Å². The number of para-hydroxylation sites is 1. The maximum atomic E-state index is 13.9. The molecule has 0 bridgehead atoms. The van der Waals surface area contributed by atoms with E-state index in [0.717, 1.165) is 6.42 Å². The Hall–Kier alpha value is -2.70. The number of anilines is 2. The molecule has 7 heteroatoms. The molecule has 1 aromatic carbocycles. The van der Waals surface area contributed by atoms with Gasteiger partial charge in [0.1, 0.15) is 5.82 Å². The molecular formula is C19H24FN5O. The van der Waals surface area contributed by atoms with Crippen molar-refractivity contribution in [2.24, 2.45) is 0 Å². The second-order valence-electron chi connectivity index (χ2n) is 6.48. The third kappa shape index (κ3) is 4.09. The van der Waals surface area contributed by atoms with Gasteiger partial charge in [-0.25, -0.2) is 14.4 Å². The standard InChI is InChI=1S/C19H24FN5O/c1-3-14(2)23-19-21-12-15(13-22-19)18(26)25-10-8-24(9-11-25)17-7-5-4-6-16(17)20/h4-7,12-14H,3,8-11H2,1-2H3,(H,21,22,23). The first-order valence-electron chi connectivity index (χ1n) is 8.95. The molecule has 1 aliphatic rings. The third-order valence-electron chi connectivity index (χ3n) is 4.65. The third-order valence-corrected chi connectivity index (χ3v) is 4.65. The smallest absolute Gasteiger partial charge is 0.257 e. The minimum Gasteiger partial charge on any atom is -0.366 e. The largest absolute Gasteiger partial charge is 0.366 e. The van der Waals surface area contributed by atoms with Crippen molar-refractivity contribution < 1.29 is 9.18 Å². The number of benzene rings is 1. The van der Waals surface area contributed by atoms with Crippen LogP contribution in [-0.4, -0.2) is 53.0 Å². The Morgan fingerprint density at radius 3 is 2.46 bits per heavy atom. The highest BCUT2D eigenvalue weighted by Gasteiger charge is 2.24. The zero-order valence-electron chi connectivity index (χ0n) is 15.2. The van der Waals surface area contributed by atoms with Crippen LogP contribution in [0.2, 0.25) is 0 Å². The van der Waals surface area contributed by atoms with Gasteiger partial charge in [-0.15, -0.1) is 0 Å². The normalized spacial score (nSPS) is 15.7. The number of nitrogens with one attached hydrogen (secondary N) is 1. The molecule has 1 saturated heterocycles. The van der Waals surface area contributed by atoms with Crippen LogP contribution in [-0.2, 0) is 0 Å². The highest BCUT2D eigenvalue weighted by Crippen LogP contribution is 2.20. The van der Waals surface area contributed by atoms with E-state index in [4.69, 9.17) is 0 Å². The SMILES string of the molecule is CCC(C)Nc1ncc(C(=O)N2CCN(c3ccccc3F)CC2)cn1. The molecule has 6 nitrogen and oxygen atoms in total. The maximum absolute atomic E-state index is 13.9. The van der Waals surface area contributed by atoms with Gasteiger partial charge >= 0.3 is 0 Å². The lowest BCUT2D eigenvalue weighted by atomic mass is 10.2.